The summed E-state index contributed by atoms with van der Waals surface area (Å²) in [6.07, 6.45) is 1.92. The number of carboxylic acid groups (broad SMARTS) is 2. The number of aromatic carboxylic acids is 1. The Bertz CT molecular complexity index is 393. The molecule has 14 heavy (non-hydrogen) atoms. The molecule has 0 unspecified atom stereocenters. The Morgan fingerprint density at radius 3 is 2.36 bits per heavy atom. The van der Waals surface area contributed by atoms with Crippen molar-refractivity contribution in [2.24, 2.45) is 0 Å². The lowest BCUT2D eigenvalue weighted by Crippen LogP contribution is -2.23. The SMILES string of the molecule is O=C([O-])/C=C/c1ccccc1C(=O)[O-]. The smallest absolute Gasteiger partial charge is 0.0721 e. The molecule has 0 aromatic heterocycles. The highest BCUT2D eigenvalue weighted by Crippen LogP contribution is 2.09. The molecular formula is C10H6O4-2. The van der Waals surface area contributed by atoms with Crippen molar-refractivity contribution in [1.29, 1.82) is 0 Å². The van der Waals surface area contributed by atoms with Crippen molar-refractivity contribution in [2.75, 3.05) is 0 Å². The third-order valence-corrected chi connectivity index (χ3v) is 1.58. The molecule has 1 rings (SSSR count). The maximum atomic E-state index is 10.6. The van der Waals surface area contributed by atoms with Gasteiger partial charge in [-0.25, -0.2) is 0 Å². The van der Waals surface area contributed by atoms with Crippen molar-refractivity contribution in [3.8, 4) is 0 Å². The van der Waals surface area contributed by atoms with Gasteiger partial charge >= 0.3 is 0 Å². The van der Waals surface area contributed by atoms with Gasteiger partial charge in [0.25, 0.3) is 0 Å². The minimum absolute atomic E-state index is 0.0509. The van der Waals surface area contributed by atoms with Gasteiger partial charge in [-0.1, -0.05) is 30.3 Å². The van der Waals surface area contributed by atoms with Crippen molar-refractivity contribution in [1.82, 2.24) is 0 Å². The van der Waals surface area contributed by atoms with Crippen LogP contribution in [0.1, 0.15) is 15.9 Å². The number of aliphatic carboxylic acids is 1. The fraction of sp³-hybridized carbons (Fsp3) is 0. The highest BCUT2D eigenvalue weighted by Gasteiger charge is 1.97. The minimum atomic E-state index is -1.38. The van der Waals surface area contributed by atoms with Gasteiger partial charge in [-0.3, -0.25) is 0 Å². The largest absolute Gasteiger partial charge is 0.545 e. The Morgan fingerprint density at radius 1 is 1.14 bits per heavy atom. The summed E-state index contributed by atoms with van der Waals surface area (Å²) in [5.41, 5.74) is 0.224. The van der Waals surface area contributed by atoms with E-state index in [0.717, 1.165) is 12.2 Å². The van der Waals surface area contributed by atoms with E-state index in [1.54, 1.807) is 6.07 Å². The van der Waals surface area contributed by atoms with E-state index in [-0.39, 0.29) is 11.1 Å². The molecular weight excluding hydrogens is 184 g/mol. The fourth-order valence-corrected chi connectivity index (χ4v) is 0.986. The average Bonchev–Trinajstić information content (AvgIpc) is 2.15. The predicted molar refractivity (Wildman–Crippen MR) is 44.8 cm³/mol. The van der Waals surface area contributed by atoms with Crippen LogP contribution in [0.5, 0.6) is 0 Å². The standard InChI is InChI=1S/C10H8O4/c11-9(12)6-5-7-3-1-2-4-8(7)10(13)14/h1-6H,(H,11,12)(H,13,14)/p-2/b6-5+. The quantitative estimate of drug-likeness (QED) is 0.561. The molecule has 0 aliphatic carbocycles. The molecule has 0 saturated heterocycles. The second kappa shape index (κ2) is 4.23. The van der Waals surface area contributed by atoms with Gasteiger partial charge in [0.15, 0.2) is 0 Å². The number of benzene rings is 1. The Hall–Kier alpha value is -2.10. The molecule has 4 nitrogen and oxygen atoms in total. The molecule has 0 bridgehead atoms. The van der Waals surface area contributed by atoms with Crippen molar-refractivity contribution in [3.05, 3.63) is 41.5 Å². The molecule has 0 aliphatic heterocycles. The maximum Gasteiger partial charge on any atom is 0.0721 e. The molecule has 0 amide bonds. The summed E-state index contributed by atoms with van der Waals surface area (Å²) in [5, 5.41) is 20.7. The second-order valence-corrected chi connectivity index (χ2v) is 2.53. The molecule has 4 heteroatoms. The van der Waals surface area contributed by atoms with Crippen molar-refractivity contribution < 1.29 is 19.8 Å². The van der Waals surface area contributed by atoms with E-state index in [9.17, 15) is 19.8 Å². The number of rotatable bonds is 3. The van der Waals surface area contributed by atoms with E-state index in [4.69, 9.17) is 0 Å². The van der Waals surface area contributed by atoms with Gasteiger partial charge in [0.05, 0.1) is 11.9 Å². The molecule has 0 saturated carbocycles. The van der Waals surface area contributed by atoms with Crippen LogP contribution >= 0.6 is 0 Å². The minimum Gasteiger partial charge on any atom is -0.545 e. The molecule has 0 fully saturated rings. The zero-order valence-corrected chi connectivity index (χ0v) is 7.10. The monoisotopic (exact) mass is 190 g/mol. The molecule has 0 radical (unpaired) electrons. The average molecular weight is 190 g/mol. The van der Waals surface area contributed by atoms with Gasteiger partial charge in [-0.2, -0.15) is 0 Å². The zero-order valence-electron chi connectivity index (χ0n) is 7.10. The van der Waals surface area contributed by atoms with E-state index in [1.807, 2.05) is 0 Å². The summed E-state index contributed by atoms with van der Waals surface area (Å²) in [6.45, 7) is 0. The molecule has 0 aliphatic rings. The van der Waals surface area contributed by atoms with Gasteiger partial charge < -0.3 is 19.8 Å². The normalized spacial score (nSPS) is 10.3. The second-order valence-electron chi connectivity index (χ2n) is 2.53. The van der Waals surface area contributed by atoms with E-state index in [1.165, 1.54) is 18.2 Å². The first-order valence-corrected chi connectivity index (χ1v) is 3.80. The van der Waals surface area contributed by atoms with E-state index in [2.05, 4.69) is 0 Å². The van der Waals surface area contributed by atoms with Crippen molar-refractivity contribution in [2.45, 2.75) is 0 Å². The van der Waals surface area contributed by atoms with Crippen molar-refractivity contribution >= 4 is 18.0 Å². The number of carbonyl (C=O) groups excluding carboxylic acids is 2. The van der Waals surface area contributed by atoms with Crippen LogP contribution in [-0.4, -0.2) is 11.9 Å². The van der Waals surface area contributed by atoms with E-state index >= 15 is 0 Å². The van der Waals surface area contributed by atoms with Crippen LogP contribution < -0.4 is 10.2 Å². The third-order valence-electron chi connectivity index (χ3n) is 1.58. The highest BCUT2D eigenvalue weighted by atomic mass is 16.4. The summed E-state index contributed by atoms with van der Waals surface area (Å²) in [6, 6.07) is 5.94. The summed E-state index contributed by atoms with van der Waals surface area (Å²) in [5.74, 6) is -2.72. The number of carboxylic acids is 2. The lowest BCUT2D eigenvalue weighted by molar-refractivity contribution is -0.297. The topological polar surface area (TPSA) is 80.3 Å². The first-order valence-electron chi connectivity index (χ1n) is 3.80. The maximum absolute atomic E-state index is 10.6. The van der Waals surface area contributed by atoms with Crippen LogP contribution in [0.2, 0.25) is 0 Å². The fourth-order valence-electron chi connectivity index (χ4n) is 0.986. The molecule has 0 atom stereocenters. The summed E-state index contributed by atoms with van der Waals surface area (Å²) in [4.78, 5) is 20.7. The molecule has 0 N–H and O–H groups in total. The lowest BCUT2D eigenvalue weighted by Gasteiger charge is -2.05. The molecule has 0 heterocycles. The molecule has 0 spiro atoms. The molecule has 1 aromatic carbocycles. The van der Waals surface area contributed by atoms with Crippen LogP contribution in [-0.2, 0) is 4.79 Å². The van der Waals surface area contributed by atoms with Gasteiger partial charge in [0, 0.05) is 5.56 Å². The van der Waals surface area contributed by atoms with Crippen LogP contribution in [0.25, 0.3) is 6.08 Å². The third kappa shape index (κ3) is 2.45. The van der Waals surface area contributed by atoms with Gasteiger partial charge in [0.2, 0.25) is 0 Å². The lowest BCUT2D eigenvalue weighted by atomic mass is 10.1. The van der Waals surface area contributed by atoms with E-state index < -0.39 is 11.9 Å². The number of carbonyl (C=O) groups is 2. The predicted octanol–water partition coefficient (Wildman–Crippen LogP) is -1.19. The van der Waals surface area contributed by atoms with Crippen LogP contribution in [0.15, 0.2) is 30.3 Å². The molecule has 1 aromatic rings. The molecule has 72 valence electrons. The van der Waals surface area contributed by atoms with Crippen LogP contribution in [0.4, 0.5) is 0 Å². The Kier molecular flexibility index (Phi) is 3.01. The zero-order chi connectivity index (χ0) is 10.6. The summed E-state index contributed by atoms with van der Waals surface area (Å²) in [7, 11) is 0. The summed E-state index contributed by atoms with van der Waals surface area (Å²) >= 11 is 0. The van der Waals surface area contributed by atoms with Gasteiger partial charge in [-0.05, 0) is 11.6 Å². The van der Waals surface area contributed by atoms with Crippen molar-refractivity contribution in [3.63, 3.8) is 0 Å². The van der Waals surface area contributed by atoms with E-state index in [0.29, 0.717) is 0 Å². The number of hydrogen-bond acceptors (Lipinski definition) is 4. The van der Waals surface area contributed by atoms with Crippen LogP contribution in [0.3, 0.4) is 0 Å². The first-order chi connectivity index (χ1) is 6.61. The first kappa shape index (κ1) is 9.98. The summed E-state index contributed by atoms with van der Waals surface area (Å²) < 4.78 is 0. The Morgan fingerprint density at radius 2 is 1.79 bits per heavy atom. The number of hydrogen-bond donors (Lipinski definition) is 0. The van der Waals surface area contributed by atoms with Gasteiger partial charge in [-0.15, -0.1) is 0 Å². The van der Waals surface area contributed by atoms with Gasteiger partial charge in [0.1, 0.15) is 0 Å². The van der Waals surface area contributed by atoms with Crippen LogP contribution in [0, 0.1) is 0 Å². The Balaban J connectivity index is 3.07. The Labute approximate surface area is 80.1 Å². The highest BCUT2D eigenvalue weighted by molar-refractivity contribution is 5.92.